The summed E-state index contributed by atoms with van der Waals surface area (Å²) in [4.78, 5) is 24.1. The van der Waals surface area contributed by atoms with Gasteiger partial charge in [-0.1, -0.05) is 18.2 Å². The number of nitrogens with zero attached hydrogens (tertiary/aromatic N) is 5. The van der Waals surface area contributed by atoms with Crippen molar-refractivity contribution in [1.29, 1.82) is 0 Å². The van der Waals surface area contributed by atoms with Crippen LogP contribution in [-0.2, 0) is 6.54 Å². The normalized spacial score (nSPS) is 14.5. The van der Waals surface area contributed by atoms with E-state index in [9.17, 15) is 10.1 Å². The first-order chi connectivity index (χ1) is 13.5. The summed E-state index contributed by atoms with van der Waals surface area (Å²) in [6.45, 7) is 8.13. The molecule has 0 bridgehead atoms. The minimum Gasteiger partial charge on any atom is -0.354 e. The predicted molar refractivity (Wildman–Crippen MR) is 126 cm³/mol. The number of non-ortho nitro benzene ring substituents is 1. The molecule has 0 spiro atoms. The number of piperazine rings is 1. The van der Waals surface area contributed by atoms with Gasteiger partial charge in [0.15, 0.2) is 5.96 Å². The molecular weight excluding hydrogens is 483 g/mol. The number of halogens is 1. The van der Waals surface area contributed by atoms with Gasteiger partial charge in [-0.2, -0.15) is 0 Å². The fourth-order valence-electron chi connectivity index (χ4n) is 3.07. The van der Waals surface area contributed by atoms with Crippen LogP contribution in [0.25, 0.3) is 0 Å². The van der Waals surface area contributed by atoms with Gasteiger partial charge in [-0.25, -0.2) is 9.98 Å². The maximum absolute atomic E-state index is 10.8. The fourth-order valence-corrected chi connectivity index (χ4v) is 3.07. The first kappa shape index (κ1) is 22.9. The fraction of sp³-hybridized carbons (Fsp3) is 0.400. The van der Waals surface area contributed by atoms with E-state index in [4.69, 9.17) is 4.99 Å². The van der Waals surface area contributed by atoms with Crippen molar-refractivity contribution >= 4 is 41.4 Å². The Morgan fingerprint density at radius 1 is 1.17 bits per heavy atom. The number of nitro benzene ring substituents is 1. The average Bonchev–Trinajstić information content (AvgIpc) is 2.72. The molecule has 2 aromatic rings. The van der Waals surface area contributed by atoms with Gasteiger partial charge in [0.25, 0.3) is 5.69 Å². The molecule has 1 aliphatic rings. The van der Waals surface area contributed by atoms with Gasteiger partial charge >= 0.3 is 0 Å². The van der Waals surface area contributed by atoms with Crippen LogP contribution in [0.5, 0.6) is 0 Å². The minimum absolute atomic E-state index is 0. The van der Waals surface area contributed by atoms with Crippen molar-refractivity contribution in [1.82, 2.24) is 15.2 Å². The highest BCUT2D eigenvalue weighted by molar-refractivity contribution is 14.0. The van der Waals surface area contributed by atoms with Gasteiger partial charge in [0.1, 0.15) is 5.82 Å². The number of aromatic nitrogens is 1. The van der Waals surface area contributed by atoms with Crippen LogP contribution in [0, 0.1) is 10.1 Å². The van der Waals surface area contributed by atoms with E-state index in [0.29, 0.717) is 6.54 Å². The van der Waals surface area contributed by atoms with Gasteiger partial charge in [0, 0.05) is 50.6 Å². The van der Waals surface area contributed by atoms with Crippen LogP contribution in [0.4, 0.5) is 11.5 Å². The third-order valence-electron chi connectivity index (χ3n) is 4.53. The molecule has 1 aliphatic heterocycles. The number of hydrogen-bond acceptors (Lipinski definition) is 5. The Hall–Kier alpha value is -2.43. The number of benzene rings is 1. The average molecular weight is 510 g/mol. The summed E-state index contributed by atoms with van der Waals surface area (Å²) >= 11 is 0. The smallest absolute Gasteiger partial charge is 0.269 e. The van der Waals surface area contributed by atoms with E-state index in [1.807, 2.05) is 24.4 Å². The van der Waals surface area contributed by atoms with Crippen LogP contribution in [0.15, 0.2) is 53.7 Å². The van der Waals surface area contributed by atoms with Crippen molar-refractivity contribution in [3.8, 4) is 0 Å². The molecule has 1 aromatic heterocycles. The summed E-state index contributed by atoms with van der Waals surface area (Å²) in [5.74, 6) is 1.87. The van der Waals surface area contributed by atoms with E-state index in [1.165, 1.54) is 12.1 Å². The van der Waals surface area contributed by atoms with Crippen LogP contribution in [-0.4, -0.2) is 53.0 Å². The second-order valence-electron chi connectivity index (χ2n) is 7.02. The highest BCUT2D eigenvalue weighted by Gasteiger charge is 2.21. The molecular formula is C20H27IN6O2. The monoisotopic (exact) mass is 510 g/mol. The summed E-state index contributed by atoms with van der Waals surface area (Å²) in [6, 6.07) is 12.8. The van der Waals surface area contributed by atoms with Crippen molar-refractivity contribution < 1.29 is 4.92 Å². The SMILES string of the molecule is CC(C)NC(=NCc1ccc([N+](=O)[O-])cc1)N1CCN(c2ccccn2)CC1.I. The zero-order valence-corrected chi connectivity index (χ0v) is 19.0. The minimum atomic E-state index is -0.389. The number of nitrogens with one attached hydrogen (secondary N) is 1. The lowest BCUT2D eigenvalue weighted by Gasteiger charge is -2.37. The van der Waals surface area contributed by atoms with Gasteiger partial charge in [0.05, 0.1) is 11.5 Å². The van der Waals surface area contributed by atoms with Gasteiger partial charge in [-0.3, -0.25) is 10.1 Å². The number of guanidine groups is 1. The number of nitro groups is 1. The Bertz CT molecular complexity index is 805. The number of aliphatic imine (C=N–C) groups is 1. The van der Waals surface area contributed by atoms with E-state index < -0.39 is 0 Å². The Morgan fingerprint density at radius 2 is 1.86 bits per heavy atom. The number of hydrogen-bond donors (Lipinski definition) is 1. The molecule has 9 heteroatoms. The third kappa shape index (κ3) is 6.55. The number of rotatable bonds is 5. The van der Waals surface area contributed by atoms with Crippen LogP contribution < -0.4 is 10.2 Å². The third-order valence-corrected chi connectivity index (χ3v) is 4.53. The van der Waals surface area contributed by atoms with Crippen molar-refractivity contribution in [2.45, 2.75) is 26.4 Å². The molecule has 0 saturated carbocycles. The Kier molecular flexibility index (Phi) is 8.62. The summed E-state index contributed by atoms with van der Waals surface area (Å²) in [5.41, 5.74) is 1.04. The van der Waals surface area contributed by atoms with Crippen molar-refractivity contribution in [3.63, 3.8) is 0 Å². The Balaban J connectivity index is 0.00000300. The second kappa shape index (κ2) is 10.9. The highest BCUT2D eigenvalue weighted by atomic mass is 127. The zero-order valence-electron chi connectivity index (χ0n) is 16.7. The Labute approximate surface area is 188 Å². The Morgan fingerprint density at radius 3 is 2.41 bits per heavy atom. The molecule has 0 radical (unpaired) electrons. The summed E-state index contributed by atoms with van der Waals surface area (Å²) in [6.07, 6.45) is 1.82. The maximum atomic E-state index is 10.8. The van der Waals surface area contributed by atoms with Crippen LogP contribution in [0.2, 0.25) is 0 Å². The first-order valence-corrected chi connectivity index (χ1v) is 9.48. The van der Waals surface area contributed by atoms with Crippen LogP contribution in [0.3, 0.4) is 0 Å². The molecule has 8 nitrogen and oxygen atoms in total. The summed E-state index contributed by atoms with van der Waals surface area (Å²) in [7, 11) is 0. The van der Waals surface area contributed by atoms with Gasteiger partial charge in [-0.15, -0.1) is 24.0 Å². The molecule has 3 rings (SSSR count). The second-order valence-corrected chi connectivity index (χ2v) is 7.02. The molecule has 2 heterocycles. The predicted octanol–water partition coefficient (Wildman–Crippen LogP) is 3.28. The van der Waals surface area contributed by atoms with E-state index in [2.05, 4.69) is 33.9 Å². The topological polar surface area (TPSA) is 86.9 Å². The van der Waals surface area contributed by atoms with E-state index in [-0.39, 0.29) is 40.6 Å². The van der Waals surface area contributed by atoms with Gasteiger partial charge in [-0.05, 0) is 31.5 Å². The van der Waals surface area contributed by atoms with E-state index >= 15 is 0 Å². The molecule has 1 saturated heterocycles. The lowest BCUT2D eigenvalue weighted by Crippen LogP contribution is -2.53. The molecule has 0 amide bonds. The maximum Gasteiger partial charge on any atom is 0.269 e. The number of pyridine rings is 1. The lowest BCUT2D eigenvalue weighted by molar-refractivity contribution is -0.384. The van der Waals surface area contributed by atoms with Crippen LogP contribution in [0.1, 0.15) is 19.4 Å². The number of anilines is 1. The largest absolute Gasteiger partial charge is 0.354 e. The van der Waals surface area contributed by atoms with Crippen molar-refractivity contribution in [2.75, 3.05) is 31.1 Å². The summed E-state index contributed by atoms with van der Waals surface area (Å²) in [5, 5.41) is 14.2. The first-order valence-electron chi connectivity index (χ1n) is 9.48. The lowest BCUT2D eigenvalue weighted by atomic mass is 10.2. The standard InChI is InChI=1S/C20H26N6O2.HI/c1-16(2)23-20(22-15-17-6-8-18(9-7-17)26(27)28)25-13-11-24(12-14-25)19-5-3-4-10-21-19;/h3-10,16H,11-15H2,1-2H3,(H,22,23);1H. The zero-order chi connectivity index (χ0) is 19.9. The van der Waals surface area contributed by atoms with Crippen molar-refractivity contribution in [2.24, 2.45) is 4.99 Å². The van der Waals surface area contributed by atoms with Crippen molar-refractivity contribution in [3.05, 3.63) is 64.3 Å². The van der Waals surface area contributed by atoms with E-state index in [1.54, 1.807) is 12.1 Å². The quantitative estimate of drug-likeness (QED) is 0.219. The molecule has 1 N–H and O–H groups in total. The van der Waals surface area contributed by atoms with Crippen LogP contribution >= 0.6 is 24.0 Å². The molecule has 1 aromatic carbocycles. The van der Waals surface area contributed by atoms with E-state index in [0.717, 1.165) is 43.5 Å². The molecule has 0 atom stereocenters. The molecule has 0 unspecified atom stereocenters. The molecule has 1 fully saturated rings. The molecule has 156 valence electrons. The highest BCUT2D eigenvalue weighted by Crippen LogP contribution is 2.14. The van der Waals surface area contributed by atoms with Gasteiger partial charge in [0.2, 0.25) is 0 Å². The molecule has 0 aliphatic carbocycles. The summed E-state index contributed by atoms with van der Waals surface area (Å²) < 4.78 is 0. The molecule has 29 heavy (non-hydrogen) atoms. The van der Waals surface area contributed by atoms with Gasteiger partial charge < -0.3 is 15.1 Å².